The highest BCUT2D eigenvalue weighted by Gasteiger charge is 2.28. The third-order valence-electron chi connectivity index (χ3n) is 3.12. The quantitative estimate of drug-likeness (QED) is 0.783. The molecule has 0 spiro atoms. The Bertz CT molecular complexity index is 623. The highest BCUT2D eigenvalue weighted by molar-refractivity contribution is 7.80. The van der Waals surface area contributed by atoms with E-state index in [-0.39, 0.29) is 11.5 Å². The molecule has 0 aliphatic carbocycles. The normalized spacial score (nSPS) is 12.7. The van der Waals surface area contributed by atoms with Crippen molar-refractivity contribution in [1.82, 2.24) is 9.55 Å². The largest absolute Gasteiger partial charge is 0.490 e. The van der Waals surface area contributed by atoms with E-state index >= 15 is 0 Å². The summed E-state index contributed by atoms with van der Waals surface area (Å²) in [6.45, 7) is 6.61. The van der Waals surface area contributed by atoms with E-state index in [1.165, 1.54) is 0 Å². The van der Waals surface area contributed by atoms with Crippen molar-refractivity contribution in [2.45, 2.75) is 26.9 Å². The third kappa shape index (κ3) is 4.71. The molecule has 0 N–H and O–H groups in total. The Morgan fingerprint density at radius 2 is 2.18 bits per heavy atom. The summed E-state index contributed by atoms with van der Waals surface area (Å²) in [6.07, 6.45) is 4.81. The molecule has 0 amide bonds. The lowest BCUT2D eigenvalue weighted by Crippen LogP contribution is -2.37. The van der Waals surface area contributed by atoms with Crippen LogP contribution in [-0.2, 0) is 4.74 Å². The van der Waals surface area contributed by atoms with Crippen molar-refractivity contribution in [3.8, 4) is 5.75 Å². The number of rotatable bonds is 4. The van der Waals surface area contributed by atoms with Gasteiger partial charge in [-0.15, -0.1) is 0 Å². The monoisotopic (exact) mass is 338 g/mol. The predicted octanol–water partition coefficient (Wildman–Crippen LogP) is 4.18. The molecule has 22 heavy (non-hydrogen) atoms. The number of halogens is 1. The second kappa shape index (κ2) is 7.11. The van der Waals surface area contributed by atoms with Gasteiger partial charge in [0, 0.05) is 22.8 Å². The summed E-state index contributed by atoms with van der Waals surface area (Å²) in [4.78, 5) is 3.97. The number of benzene rings is 1. The van der Waals surface area contributed by atoms with Crippen LogP contribution in [0.2, 0.25) is 5.02 Å². The minimum atomic E-state index is -0.207. The molecule has 0 saturated heterocycles. The molecule has 4 nitrogen and oxygen atoms in total. The van der Waals surface area contributed by atoms with Gasteiger partial charge in [0.05, 0.1) is 0 Å². The Morgan fingerprint density at radius 1 is 1.41 bits per heavy atom. The fourth-order valence-corrected chi connectivity index (χ4v) is 2.14. The molecular weight excluding hydrogens is 320 g/mol. The fraction of sp³-hybridized carbons (Fsp3) is 0.375. The molecule has 1 atom stereocenters. The van der Waals surface area contributed by atoms with Gasteiger partial charge >= 0.3 is 0 Å². The molecule has 2 aromatic rings. The number of aromatic nitrogens is 2. The second-order valence-corrected chi connectivity index (χ2v) is 6.76. The highest BCUT2D eigenvalue weighted by Crippen LogP contribution is 2.25. The number of nitrogens with zero attached hydrogens (tertiary/aromatic N) is 2. The van der Waals surface area contributed by atoms with Gasteiger partial charge in [0.15, 0.2) is 0 Å². The summed E-state index contributed by atoms with van der Waals surface area (Å²) in [5.74, 6) is 0.707. The van der Waals surface area contributed by atoms with E-state index in [0.717, 1.165) is 0 Å². The summed E-state index contributed by atoms with van der Waals surface area (Å²) in [6, 6.07) is 7.29. The van der Waals surface area contributed by atoms with E-state index in [4.69, 9.17) is 33.3 Å². The molecule has 2 rings (SSSR count). The lowest BCUT2D eigenvalue weighted by molar-refractivity contribution is 0.0321. The lowest BCUT2D eigenvalue weighted by atomic mass is 9.89. The van der Waals surface area contributed by atoms with E-state index in [1.807, 2.05) is 12.1 Å². The van der Waals surface area contributed by atoms with Gasteiger partial charge in [-0.2, -0.15) is 0 Å². The summed E-state index contributed by atoms with van der Waals surface area (Å²) in [5, 5.41) is 0.992. The van der Waals surface area contributed by atoms with E-state index in [1.54, 1.807) is 35.4 Å². The van der Waals surface area contributed by atoms with Crippen LogP contribution in [0.15, 0.2) is 43.0 Å². The molecule has 0 saturated carbocycles. The Hall–Kier alpha value is -1.59. The molecule has 6 heteroatoms. The van der Waals surface area contributed by atoms with Gasteiger partial charge in [0.1, 0.15) is 24.8 Å². The zero-order valence-electron chi connectivity index (χ0n) is 12.8. The predicted molar refractivity (Wildman–Crippen MR) is 91.5 cm³/mol. The molecule has 118 valence electrons. The van der Waals surface area contributed by atoms with Crippen molar-refractivity contribution in [1.29, 1.82) is 0 Å². The van der Waals surface area contributed by atoms with Crippen LogP contribution in [0.25, 0.3) is 0 Å². The first-order valence-corrected chi connectivity index (χ1v) is 7.72. The first-order chi connectivity index (χ1) is 10.4. The minimum Gasteiger partial charge on any atom is -0.490 e. The van der Waals surface area contributed by atoms with Crippen LogP contribution in [-0.4, -0.2) is 27.4 Å². The zero-order chi connectivity index (χ0) is 16.2. The third-order valence-corrected chi connectivity index (χ3v) is 3.66. The minimum absolute atomic E-state index is 0.136. The number of hydrogen-bond donors (Lipinski definition) is 0. The zero-order valence-corrected chi connectivity index (χ0v) is 14.4. The first-order valence-electron chi connectivity index (χ1n) is 6.93. The summed E-state index contributed by atoms with van der Waals surface area (Å²) in [7, 11) is 0. The van der Waals surface area contributed by atoms with Gasteiger partial charge in [-0.05, 0) is 30.4 Å². The Morgan fingerprint density at radius 3 is 2.77 bits per heavy atom. The number of thiocarbonyl (C=S) groups is 1. The smallest absolute Gasteiger partial charge is 0.269 e. The average molecular weight is 339 g/mol. The number of hydrogen-bond acceptors (Lipinski definition) is 4. The average Bonchev–Trinajstić information content (AvgIpc) is 2.96. The van der Waals surface area contributed by atoms with Gasteiger partial charge in [-0.3, -0.25) is 4.57 Å². The maximum atomic E-state index is 5.96. The van der Waals surface area contributed by atoms with E-state index in [0.29, 0.717) is 22.6 Å². The number of imidazole rings is 1. The summed E-state index contributed by atoms with van der Waals surface area (Å²) in [5.41, 5.74) is -0.136. The second-order valence-electron chi connectivity index (χ2n) is 5.98. The van der Waals surface area contributed by atoms with Gasteiger partial charge < -0.3 is 9.47 Å². The highest BCUT2D eigenvalue weighted by atomic mass is 35.5. The van der Waals surface area contributed by atoms with Crippen LogP contribution in [0.4, 0.5) is 0 Å². The Kier molecular flexibility index (Phi) is 5.42. The van der Waals surface area contributed by atoms with Gasteiger partial charge in [0.2, 0.25) is 0 Å². The van der Waals surface area contributed by atoms with Gasteiger partial charge in [-0.25, -0.2) is 4.98 Å². The molecule has 0 aliphatic rings. The molecule has 0 bridgehead atoms. The van der Waals surface area contributed by atoms with Crippen molar-refractivity contribution in [2.75, 3.05) is 6.61 Å². The van der Waals surface area contributed by atoms with Gasteiger partial charge in [0.25, 0.3) is 5.17 Å². The molecule has 0 aliphatic heterocycles. The summed E-state index contributed by atoms with van der Waals surface area (Å²) < 4.78 is 13.4. The first kappa shape index (κ1) is 16.8. The molecule has 1 aromatic heterocycles. The lowest BCUT2D eigenvalue weighted by Gasteiger charge is -2.31. The fourth-order valence-electron chi connectivity index (χ4n) is 1.74. The van der Waals surface area contributed by atoms with Crippen LogP contribution in [0, 0.1) is 5.41 Å². The molecular formula is C16H19ClN2O2S. The van der Waals surface area contributed by atoms with Crippen LogP contribution < -0.4 is 4.74 Å². The Labute approximate surface area is 141 Å². The van der Waals surface area contributed by atoms with Crippen LogP contribution in [0.1, 0.15) is 20.8 Å². The van der Waals surface area contributed by atoms with E-state index < -0.39 is 0 Å². The maximum Gasteiger partial charge on any atom is 0.269 e. The van der Waals surface area contributed by atoms with Crippen LogP contribution >= 0.6 is 23.8 Å². The summed E-state index contributed by atoms with van der Waals surface area (Å²) >= 11 is 11.3. The van der Waals surface area contributed by atoms with Gasteiger partial charge in [-0.1, -0.05) is 38.4 Å². The van der Waals surface area contributed by atoms with E-state index in [2.05, 4.69) is 25.8 Å². The molecule has 0 fully saturated rings. The van der Waals surface area contributed by atoms with Crippen LogP contribution in [0.3, 0.4) is 0 Å². The molecule has 1 unspecified atom stereocenters. The van der Waals surface area contributed by atoms with Crippen molar-refractivity contribution in [3.05, 3.63) is 48.0 Å². The molecule has 0 radical (unpaired) electrons. The van der Waals surface area contributed by atoms with Crippen molar-refractivity contribution < 1.29 is 9.47 Å². The van der Waals surface area contributed by atoms with Crippen LogP contribution in [0.5, 0.6) is 5.75 Å². The van der Waals surface area contributed by atoms with Crippen molar-refractivity contribution in [3.63, 3.8) is 0 Å². The molecule has 1 heterocycles. The molecule has 1 aromatic carbocycles. The maximum absolute atomic E-state index is 5.96. The van der Waals surface area contributed by atoms with E-state index in [9.17, 15) is 0 Å². The van der Waals surface area contributed by atoms with Crippen molar-refractivity contribution in [2.24, 2.45) is 5.41 Å². The van der Waals surface area contributed by atoms with Crippen molar-refractivity contribution >= 4 is 29.0 Å². The SMILES string of the molecule is CC(C)(C)C(COc1cccc(Cl)c1)OC(=S)n1ccnc1. The number of ether oxygens (including phenoxy) is 2. The Balaban J connectivity index is 2.02. The topological polar surface area (TPSA) is 36.3 Å². The standard InChI is InChI=1S/C16H19ClN2O2S/c1-16(2,3)14(21-15(22)19-8-7-18-11-19)10-20-13-6-4-5-12(17)9-13/h4-9,11,14H,10H2,1-3H3.